The van der Waals surface area contributed by atoms with Crippen LogP contribution in [0.2, 0.25) is 0 Å². The highest BCUT2D eigenvalue weighted by molar-refractivity contribution is 5.32. The van der Waals surface area contributed by atoms with Crippen LogP contribution in [-0.2, 0) is 6.54 Å². The van der Waals surface area contributed by atoms with Gasteiger partial charge in [-0.1, -0.05) is 13.8 Å². The zero-order valence-electron chi connectivity index (χ0n) is 11.7. The summed E-state index contributed by atoms with van der Waals surface area (Å²) >= 11 is 0. The molecule has 19 heavy (non-hydrogen) atoms. The van der Waals surface area contributed by atoms with Crippen molar-refractivity contribution in [3.8, 4) is 0 Å². The number of aromatic nitrogens is 5. The van der Waals surface area contributed by atoms with Crippen molar-refractivity contribution >= 4 is 5.95 Å². The molecule has 1 aliphatic heterocycles. The van der Waals surface area contributed by atoms with Crippen molar-refractivity contribution in [1.29, 1.82) is 0 Å². The van der Waals surface area contributed by atoms with Gasteiger partial charge in [-0.2, -0.15) is 15.2 Å². The summed E-state index contributed by atoms with van der Waals surface area (Å²) < 4.78 is 3.97. The molecule has 2 aromatic heterocycles. The number of nitrogens with one attached hydrogen (secondary N) is 1. The molecule has 0 amide bonds. The normalized spacial score (nSPS) is 18.4. The van der Waals surface area contributed by atoms with Crippen LogP contribution in [0, 0.1) is 0 Å². The smallest absolute Gasteiger partial charge is 0.221 e. The van der Waals surface area contributed by atoms with E-state index in [-0.39, 0.29) is 6.04 Å². The largest absolute Gasteiger partial charge is 0.354 e. The first kappa shape index (κ1) is 12.2. The fraction of sp³-hybridized carbons (Fsp3) is 0.615. The molecular formula is C13H20N6. The number of hydrogen-bond acceptors (Lipinski definition) is 4. The van der Waals surface area contributed by atoms with Crippen LogP contribution in [-0.4, -0.2) is 31.1 Å². The second kappa shape index (κ2) is 4.68. The molecule has 102 valence electrons. The van der Waals surface area contributed by atoms with Gasteiger partial charge < -0.3 is 5.32 Å². The van der Waals surface area contributed by atoms with E-state index in [0.29, 0.717) is 5.92 Å². The second-order valence-corrected chi connectivity index (χ2v) is 5.25. The average molecular weight is 260 g/mol. The van der Waals surface area contributed by atoms with E-state index in [9.17, 15) is 0 Å². The lowest BCUT2D eigenvalue weighted by atomic mass is 10.1. The first-order valence-corrected chi connectivity index (χ1v) is 6.91. The topological polar surface area (TPSA) is 60.6 Å². The van der Waals surface area contributed by atoms with Gasteiger partial charge in [0.2, 0.25) is 5.95 Å². The molecule has 0 bridgehead atoms. The van der Waals surface area contributed by atoms with Crippen LogP contribution in [0.25, 0.3) is 0 Å². The molecule has 1 N–H and O–H groups in total. The number of rotatable bonds is 3. The highest BCUT2D eigenvalue weighted by Crippen LogP contribution is 2.29. The minimum atomic E-state index is 0.247. The number of fused-ring (bicyclic) bond motifs is 1. The third-order valence-electron chi connectivity index (χ3n) is 3.52. The molecule has 0 fully saturated rings. The molecule has 0 aliphatic carbocycles. The summed E-state index contributed by atoms with van der Waals surface area (Å²) in [5.74, 6) is 2.13. The Kier molecular flexibility index (Phi) is 3.00. The summed E-state index contributed by atoms with van der Waals surface area (Å²) in [6.45, 7) is 8.15. The van der Waals surface area contributed by atoms with Crippen molar-refractivity contribution in [2.24, 2.45) is 0 Å². The monoisotopic (exact) mass is 260 g/mol. The summed E-state index contributed by atoms with van der Waals surface area (Å²) in [4.78, 5) is 4.57. The molecule has 6 nitrogen and oxygen atoms in total. The van der Waals surface area contributed by atoms with E-state index in [2.05, 4.69) is 47.5 Å². The molecule has 1 unspecified atom stereocenters. The molecule has 2 aromatic rings. The SMILES string of the molecule is CCn1cc(C2CCNc3nc(C(C)C)nn32)cn1. The second-order valence-electron chi connectivity index (χ2n) is 5.25. The Morgan fingerprint density at radius 1 is 1.47 bits per heavy atom. The standard InChI is InChI=1S/C13H20N6/c1-4-18-8-10(7-15-18)11-5-6-14-13-16-12(9(2)3)17-19(11)13/h7-9,11H,4-6H2,1-3H3,(H,14,16,17). The third-order valence-corrected chi connectivity index (χ3v) is 3.52. The molecule has 3 heterocycles. The molecule has 3 rings (SSSR count). The fourth-order valence-corrected chi connectivity index (χ4v) is 2.40. The van der Waals surface area contributed by atoms with Crippen LogP contribution in [0.3, 0.4) is 0 Å². The summed E-state index contributed by atoms with van der Waals surface area (Å²) in [5, 5.41) is 12.3. The lowest BCUT2D eigenvalue weighted by Gasteiger charge is -2.23. The highest BCUT2D eigenvalue weighted by Gasteiger charge is 2.25. The maximum atomic E-state index is 4.65. The Bertz CT molecular complexity index is 567. The predicted octanol–water partition coefficient (Wildman–Crippen LogP) is 2.02. The van der Waals surface area contributed by atoms with E-state index in [1.807, 2.05) is 15.6 Å². The minimum absolute atomic E-state index is 0.247. The van der Waals surface area contributed by atoms with Crippen LogP contribution < -0.4 is 5.32 Å². The van der Waals surface area contributed by atoms with Crippen LogP contribution in [0.4, 0.5) is 5.95 Å². The zero-order valence-corrected chi connectivity index (χ0v) is 11.7. The Balaban J connectivity index is 1.97. The average Bonchev–Trinajstić information content (AvgIpc) is 3.04. The molecule has 0 radical (unpaired) electrons. The number of aryl methyl sites for hydroxylation is 1. The number of anilines is 1. The van der Waals surface area contributed by atoms with E-state index >= 15 is 0 Å². The zero-order chi connectivity index (χ0) is 13.4. The summed E-state index contributed by atoms with van der Waals surface area (Å²) in [5.41, 5.74) is 1.21. The molecule has 0 aromatic carbocycles. The van der Waals surface area contributed by atoms with Gasteiger partial charge in [-0.05, 0) is 13.3 Å². The van der Waals surface area contributed by atoms with Gasteiger partial charge in [0.15, 0.2) is 5.82 Å². The van der Waals surface area contributed by atoms with Crippen molar-refractivity contribution in [1.82, 2.24) is 24.5 Å². The lowest BCUT2D eigenvalue weighted by molar-refractivity contribution is 0.474. The van der Waals surface area contributed by atoms with Gasteiger partial charge in [-0.3, -0.25) is 4.68 Å². The third kappa shape index (κ3) is 2.11. The molecule has 0 saturated carbocycles. The summed E-state index contributed by atoms with van der Waals surface area (Å²) in [6.07, 6.45) is 5.07. The Labute approximate surface area is 112 Å². The first-order valence-electron chi connectivity index (χ1n) is 6.91. The van der Waals surface area contributed by atoms with Crippen LogP contribution in [0.15, 0.2) is 12.4 Å². The minimum Gasteiger partial charge on any atom is -0.354 e. The highest BCUT2D eigenvalue weighted by atomic mass is 15.4. The molecule has 1 aliphatic rings. The lowest BCUT2D eigenvalue weighted by Crippen LogP contribution is -2.24. The van der Waals surface area contributed by atoms with Crippen molar-refractivity contribution in [3.05, 3.63) is 23.8 Å². The maximum absolute atomic E-state index is 4.65. The maximum Gasteiger partial charge on any atom is 0.221 e. The van der Waals surface area contributed by atoms with Gasteiger partial charge in [0, 0.05) is 30.8 Å². The molecule has 0 saturated heterocycles. The van der Waals surface area contributed by atoms with E-state index < -0.39 is 0 Å². The van der Waals surface area contributed by atoms with Crippen molar-refractivity contribution in [3.63, 3.8) is 0 Å². The van der Waals surface area contributed by atoms with Crippen molar-refractivity contribution < 1.29 is 0 Å². The molecule has 6 heteroatoms. The summed E-state index contributed by atoms with van der Waals surface area (Å²) in [7, 11) is 0. The van der Waals surface area contributed by atoms with Crippen LogP contribution in [0.5, 0.6) is 0 Å². The van der Waals surface area contributed by atoms with Gasteiger partial charge in [0.05, 0.1) is 12.2 Å². The van der Waals surface area contributed by atoms with Crippen molar-refractivity contribution in [2.75, 3.05) is 11.9 Å². The fourth-order valence-electron chi connectivity index (χ4n) is 2.40. The van der Waals surface area contributed by atoms with E-state index in [4.69, 9.17) is 0 Å². The molecular weight excluding hydrogens is 240 g/mol. The van der Waals surface area contributed by atoms with Crippen LogP contribution >= 0.6 is 0 Å². The Morgan fingerprint density at radius 2 is 2.32 bits per heavy atom. The quantitative estimate of drug-likeness (QED) is 0.917. The van der Waals surface area contributed by atoms with Crippen LogP contribution in [0.1, 0.15) is 50.5 Å². The predicted molar refractivity (Wildman–Crippen MR) is 73.3 cm³/mol. The Morgan fingerprint density at radius 3 is 3.00 bits per heavy atom. The number of nitrogens with zero attached hydrogens (tertiary/aromatic N) is 5. The van der Waals surface area contributed by atoms with Gasteiger partial charge >= 0.3 is 0 Å². The molecule has 1 atom stereocenters. The van der Waals surface area contributed by atoms with Crippen molar-refractivity contribution in [2.45, 2.75) is 45.7 Å². The van der Waals surface area contributed by atoms with Gasteiger partial charge in [-0.15, -0.1) is 0 Å². The Hall–Kier alpha value is -1.85. The summed E-state index contributed by atoms with van der Waals surface area (Å²) in [6, 6.07) is 0.247. The number of hydrogen-bond donors (Lipinski definition) is 1. The molecule has 0 spiro atoms. The van der Waals surface area contributed by atoms with E-state index in [1.165, 1.54) is 5.56 Å². The van der Waals surface area contributed by atoms with E-state index in [0.717, 1.165) is 31.3 Å². The van der Waals surface area contributed by atoms with Gasteiger partial charge in [-0.25, -0.2) is 4.68 Å². The van der Waals surface area contributed by atoms with E-state index in [1.54, 1.807) is 0 Å². The van der Waals surface area contributed by atoms with Gasteiger partial charge in [0.1, 0.15) is 0 Å². The first-order chi connectivity index (χ1) is 9.19. The van der Waals surface area contributed by atoms with Gasteiger partial charge in [0.25, 0.3) is 0 Å².